The van der Waals surface area contributed by atoms with E-state index in [1.807, 2.05) is 36.4 Å². The van der Waals surface area contributed by atoms with Gasteiger partial charge in [-0.15, -0.1) is 0 Å². The average Bonchev–Trinajstić information content (AvgIpc) is 3.28. The number of rotatable bonds is 7. The Hall–Kier alpha value is -3.49. The van der Waals surface area contributed by atoms with Crippen LogP contribution in [0.15, 0.2) is 72.8 Å². The van der Waals surface area contributed by atoms with Gasteiger partial charge < -0.3 is 10.1 Å². The highest BCUT2D eigenvalue weighted by Crippen LogP contribution is 2.34. The molecule has 1 N–H and O–H groups in total. The predicted octanol–water partition coefficient (Wildman–Crippen LogP) is 7.79. The molecule has 0 saturated heterocycles. The van der Waals surface area contributed by atoms with E-state index < -0.39 is 11.9 Å². The van der Waals surface area contributed by atoms with E-state index in [1.54, 1.807) is 25.1 Å². The first-order chi connectivity index (χ1) is 17.2. The quantitative estimate of drug-likeness (QED) is 0.263. The Bertz CT molecular complexity index is 1350. The Kier molecular flexibility index (Phi) is 7.56. The van der Waals surface area contributed by atoms with E-state index in [-0.39, 0.29) is 33.9 Å². The predicted molar refractivity (Wildman–Crippen MR) is 134 cm³/mol. The van der Waals surface area contributed by atoms with Crippen molar-refractivity contribution in [1.29, 1.82) is 0 Å². The van der Waals surface area contributed by atoms with Gasteiger partial charge in [0.1, 0.15) is 18.0 Å². The molecule has 0 fully saturated rings. The molecule has 36 heavy (non-hydrogen) atoms. The molecule has 5 nitrogen and oxygen atoms in total. The fraction of sp³-hybridized carbons (Fsp3) is 0.154. The Labute approximate surface area is 215 Å². The summed E-state index contributed by atoms with van der Waals surface area (Å²) in [7, 11) is 0. The Balaban J connectivity index is 1.52. The molecule has 0 aliphatic carbocycles. The van der Waals surface area contributed by atoms with Gasteiger partial charge in [-0.2, -0.15) is 18.3 Å². The molecule has 0 spiro atoms. The average molecular weight is 534 g/mol. The normalized spacial score (nSPS) is 11.4. The molecule has 0 atom stereocenters. The highest BCUT2D eigenvalue weighted by Gasteiger charge is 2.35. The second kappa shape index (κ2) is 10.6. The number of carbonyl (C=O) groups excluding carboxylic acids is 1. The summed E-state index contributed by atoms with van der Waals surface area (Å²) in [5.41, 5.74) is 1.74. The number of benzene rings is 3. The number of hydrogen-bond acceptors (Lipinski definition) is 3. The molecule has 3 aromatic carbocycles. The second-order valence-electron chi connectivity index (χ2n) is 7.79. The molecule has 0 saturated carbocycles. The lowest BCUT2D eigenvalue weighted by Crippen LogP contribution is -2.09. The van der Waals surface area contributed by atoms with Crippen LogP contribution < -0.4 is 10.1 Å². The number of para-hydroxylation sites is 1. The van der Waals surface area contributed by atoms with Crippen molar-refractivity contribution < 1.29 is 22.7 Å². The third-order valence-electron chi connectivity index (χ3n) is 5.29. The second-order valence-corrected chi connectivity index (χ2v) is 8.61. The summed E-state index contributed by atoms with van der Waals surface area (Å²) in [5, 5.41) is 6.79. The summed E-state index contributed by atoms with van der Waals surface area (Å²) >= 11 is 12.4. The highest BCUT2D eigenvalue weighted by molar-refractivity contribution is 6.37. The van der Waals surface area contributed by atoms with Gasteiger partial charge in [-0.3, -0.25) is 4.79 Å². The molecule has 0 radical (unpaired) electrons. The first-order valence-electron chi connectivity index (χ1n) is 10.9. The Morgan fingerprint density at radius 2 is 1.56 bits per heavy atom. The van der Waals surface area contributed by atoms with Gasteiger partial charge in [-0.05, 0) is 53.6 Å². The van der Waals surface area contributed by atoms with Crippen LogP contribution in [0.3, 0.4) is 0 Å². The van der Waals surface area contributed by atoms with Crippen molar-refractivity contribution in [3.8, 4) is 22.6 Å². The minimum atomic E-state index is -4.65. The van der Waals surface area contributed by atoms with Gasteiger partial charge in [0.2, 0.25) is 5.91 Å². The molecule has 1 aromatic heterocycles. The zero-order valence-electron chi connectivity index (χ0n) is 18.9. The number of halogens is 5. The summed E-state index contributed by atoms with van der Waals surface area (Å²) in [5.74, 6) is 0.391. The van der Waals surface area contributed by atoms with Gasteiger partial charge in [0.05, 0.1) is 15.7 Å². The fourth-order valence-corrected chi connectivity index (χ4v) is 4.00. The van der Waals surface area contributed by atoms with Crippen molar-refractivity contribution in [2.24, 2.45) is 0 Å². The zero-order valence-corrected chi connectivity index (χ0v) is 20.5. The summed E-state index contributed by atoms with van der Waals surface area (Å²) in [4.78, 5) is 11.5. The van der Waals surface area contributed by atoms with Crippen LogP contribution in [0.25, 0.3) is 16.8 Å². The van der Waals surface area contributed by atoms with Crippen molar-refractivity contribution in [3.63, 3.8) is 0 Å². The first kappa shape index (κ1) is 25.6. The van der Waals surface area contributed by atoms with Crippen LogP contribution in [-0.2, 0) is 17.6 Å². The van der Waals surface area contributed by atoms with Gasteiger partial charge >= 0.3 is 6.18 Å². The van der Waals surface area contributed by atoms with Crippen molar-refractivity contribution in [3.05, 3.63) is 94.2 Å². The molecule has 1 heterocycles. The molecule has 10 heteroatoms. The van der Waals surface area contributed by atoms with Gasteiger partial charge in [-0.1, -0.05) is 60.5 Å². The Morgan fingerprint density at radius 1 is 0.972 bits per heavy atom. The number of hydrogen-bond donors (Lipinski definition) is 1. The van der Waals surface area contributed by atoms with Gasteiger partial charge in [-0.25, -0.2) is 4.68 Å². The summed E-state index contributed by atoms with van der Waals surface area (Å²) < 4.78 is 46.9. The zero-order chi connectivity index (χ0) is 25.9. The molecule has 0 bridgehead atoms. The lowest BCUT2D eigenvalue weighted by molar-refractivity contribution is -0.141. The van der Waals surface area contributed by atoms with Crippen LogP contribution in [0.4, 0.5) is 18.9 Å². The number of ether oxygens (including phenoxy) is 1. The van der Waals surface area contributed by atoms with Crippen LogP contribution in [-0.4, -0.2) is 15.7 Å². The molecule has 1 amide bonds. The molecular weight excluding hydrogens is 514 g/mol. The van der Waals surface area contributed by atoms with Crippen LogP contribution >= 0.6 is 23.2 Å². The van der Waals surface area contributed by atoms with Crippen LogP contribution in [0.1, 0.15) is 24.7 Å². The van der Waals surface area contributed by atoms with E-state index in [0.717, 1.165) is 21.9 Å². The minimum Gasteiger partial charge on any atom is -0.487 e. The van der Waals surface area contributed by atoms with Crippen LogP contribution in [0.5, 0.6) is 5.75 Å². The molecular formula is C26H20Cl2F3N3O2. The molecule has 0 aliphatic heterocycles. The summed E-state index contributed by atoms with van der Waals surface area (Å²) in [6.45, 7) is 1.58. The molecule has 4 aromatic rings. The monoisotopic (exact) mass is 533 g/mol. The first-order valence-corrected chi connectivity index (χ1v) is 11.6. The molecule has 0 aliphatic rings. The highest BCUT2D eigenvalue weighted by atomic mass is 35.5. The number of amides is 1. The van der Waals surface area contributed by atoms with Gasteiger partial charge in [0.25, 0.3) is 0 Å². The largest absolute Gasteiger partial charge is 0.487 e. The fourth-order valence-electron chi connectivity index (χ4n) is 3.44. The number of carbonyl (C=O) groups is 1. The third-order valence-corrected chi connectivity index (χ3v) is 5.90. The number of anilines is 1. The lowest BCUT2D eigenvalue weighted by Gasteiger charge is -2.12. The standard InChI is InChI=1S/C26H20Cl2F3N3O2/c1-2-24(35)32-18-10-6-16(7-11-18)17-8-12-20(13-9-17)36-15-19-14-23(26(29,30)31)33-34(19)25-21(27)4-3-5-22(25)28/h3-14H,2,15H2,1H3,(H,32,35). The number of alkyl halides is 3. The van der Waals surface area contributed by atoms with E-state index in [0.29, 0.717) is 17.9 Å². The van der Waals surface area contributed by atoms with E-state index in [9.17, 15) is 18.0 Å². The van der Waals surface area contributed by atoms with Crippen molar-refractivity contribution in [1.82, 2.24) is 9.78 Å². The SMILES string of the molecule is CCC(=O)Nc1ccc(-c2ccc(OCc3cc(C(F)(F)F)nn3-c3c(Cl)cccc3Cl)cc2)cc1. The van der Waals surface area contributed by atoms with Crippen molar-refractivity contribution in [2.75, 3.05) is 5.32 Å². The number of nitrogens with one attached hydrogen (secondary N) is 1. The number of nitrogens with zero attached hydrogens (tertiary/aromatic N) is 2. The lowest BCUT2D eigenvalue weighted by atomic mass is 10.1. The van der Waals surface area contributed by atoms with E-state index >= 15 is 0 Å². The van der Waals surface area contributed by atoms with Crippen LogP contribution in [0, 0.1) is 0 Å². The molecule has 0 unspecified atom stereocenters. The summed E-state index contributed by atoms with van der Waals surface area (Å²) in [6.07, 6.45) is -4.25. The van der Waals surface area contributed by atoms with E-state index in [4.69, 9.17) is 27.9 Å². The molecule has 4 rings (SSSR count). The topological polar surface area (TPSA) is 56.1 Å². The van der Waals surface area contributed by atoms with Gasteiger partial charge in [0, 0.05) is 12.1 Å². The minimum absolute atomic E-state index is 0.0650. The third kappa shape index (κ3) is 5.83. The smallest absolute Gasteiger partial charge is 0.435 e. The number of aromatic nitrogens is 2. The maximum Gasteiger partial charge on any atom is 0.435 e. The van der Waals surface area contributed by atoms with E-state index in [1.165, 1.54) is 12.1 Å². The Morgan fingerprint density at radius 3 is 2.11 bits per heavy atom. The van der Waals surface area contributed by atoms with Crippen molar-refractivity contribution >= 4 is 34.8 Å². The van der Waals surface area contributed by atoms with Gasteiger partial charge in [0.15, 0.2) is 5.69 Å². The maximum absolute atomic E-state index is 13.4. The van der Waals surface area contributed by atoms with Crippen molar-refractivity contribution in [2.45, 2.75) is 26.1 Å². The summed E-state index contributed by atoms with van der Waals surface area (Å²) in [6, 6.07) is 20.0. The molecule has 186 valence electrons. The maximum atomic E-state index is 13.4. The van der Waals surface area contributed by atoms with E-state index in [2.05, 4.69) is 10.4 Å². The van der Waals surface area contributed by atoms with Crippen LogP contribution in [0.2, 0.25) is 10.0 Å².